The molecule has 0 aliphatic rings. The molecule has 4 heteroatoms. The molecule has 22 heavy (non-hydrogen) atoms. The normalized spacial score (nSPS) is 10.7. The fourth-order valence-corrected chi connectivity index (χ4v) is 2.21. The average molecular weight is 295 g/mol. The van der Waals surface area contributed by atoms with Gasteiger partial charge >= 0.3 is 0 Å². The number of nitrogens with zero attached hydrogens (tertiary/aromatic N) is 1. The van der Waals surface area contributed by atoms with Crippen LogP contribution in [0.1, 0.15) is 11.1 Å². The number of methoxy groups -OCH3 is 3. The SMILES string of the molecule is COc1cc(OC)cc(/C(=C/C#N)c2ccccc2OC)c1. The van der Waals surface area contributed by atoms with Crippen LogP contribution in [0.15, 0.2) is 48.5 Å². The highest BCUT2D eigenvalue weighted by Crippen LogP contribution is 2.34. The molecule has 2 rings (SSSR count). The van der Waals surface area contributed by atoms with E-state index in [9.17, 15) is 0 Å². The summed E-state index contributed by atoms with van der Waals surface area (Å²) in [5, 5.41) is 9.15. The summed E-state index contributed by atoms with van der Waals surface area (Å²) in [6.45, 7) is 0. The Labute approximate surface area is 130 Å². The van der Waals surface area contributed by atoms with Gasteiger partial charge < -0.3 is 14.2 Å². The van der Waals surface area contributed by atoms with Crippen molar-refractivity contribution in [2.45, 2.75) is 0 Å². The molecule has 0 radical (unpaired) electrons. The van der Waals surface area contributed by atoms with Crippen LogP contribution < -0.4 is 14.2 Å². The molecule has 0 unspecified atom stereocenters. The Morgan fingerprint density at radius 2 is 1.59 bits per heavy atom. The second kappa shape index (κ2) is 7.19. The summed E-state index contributed by atoms with van der Waals surface area (Å²) in [6.07, 6.45) is 1.49. The zero-order chi connectivity index (χ0) is 15.9. The molecule has 2 aromatic rings. The van der Waals surface area contributed by atoms with Crippen LogP contribution in [0.5, 0.6) is 17.2 Å². The van der Waals surface area contributed by atoms with Gasteiger partial charge in [-0.15, -0.1) is 0 Å². The van der Waals surface area contributed by atoms with Gasteiger partial charge in [-0.05, 0) is 23.8 Å². The van der Waals surface area contributed by atoms with Crippen LogP contribution >= 0.6 is 0 Å². The van der Waals surface area contributed by atoms with Gasteiger partial charge in [0.15, 0.2) is 0 Å². The number of hydrogen-bond donors (Lipinski definition) is 0. The van der Waals surface area contributed by atoms with Crippen LogP contribution in [-0.2, 0) is 0 Å². The molecular formula is C18H17NO3. The number of ether oxygens (including phenoxy) is 3. The smallest absolute Gasteiger partial charge is 0.126 e. The van der Waals surface area contributed by atoms with E-state index in [1.807, 2.05) is 36.4 Å². The maximum atomic E-state index is 9.15. The lowest BCUT2D eigenvalue weighted by Crippen LogP contribution is -1.95. The molecule has 0 amide bonds. The quantitative estimate of drug-likeness (QED) is 0.790. The topological polar surface area (TPSA) is 51.5 Å². The molecule has 0 spiro atoms. The lowest BCUT2D eigenvalue weighted by molar-refractivity contribution is 0.394. The Morgan fingerprint density at radius 3 is 2.14 bits per heavy atom. The van der Waals surface area contributed by atoms with Crippen molar-refractivity contribution in [3.63, 3.8) is 0 Å². The molecule has 0 aliphatic heterocycles. The molecule has 0 N–H and O–H groups in total. The summed E-state index contributed by atoms with van der Waals surface area (Å²) in [5.74, 6) is 2.02. The van der Waals surface area contributed by atoms with E-state index in [0.717, 1.165) is 16.7 Å². The molecule has 0 atom stereocenters. The molecule has 0 heterocycles. The van der Waals surface area contributed by atoms with E-state index in [1.165, 1.54) is 6.08 Å². The van der Waals surface area contributed by atoms with Gasteiger partial charge in [0.1, 0.15) is 17.2 Å². The summed E-state index contributed by atoms with van der Waals surface area (Å²) in [7, 11) is 4.79. The number of nitriles is 1. The summed E-state index contributed by atoms with van der Waals surface area (Å²) >= 11 is 0. The zero-order valence-electron chi connectivity index (χ0n) is 12.8. The average Bonchev–Trinajstić information content (AvgIpc) is 2.59. The molecule has 0 bridgehead atoms. The van der Waals surface area contributed by atoms with E-state index in [4.69, 9.17) is 19.5 Å². The van der Waals surface area contributed by atoms with Gasteiger partial charge in [0.2, 0.25) is 0 Å². The van der Waals surface area contributed by atoms with Gasteiger partial charge in [0, 0.05) is 23.3 Å². The fourth-order valence-electron chi connectivity index (χ4n) is 2.21. The van der Waals surface area contributed by atoms with Crippen molar-refractivity contribution in [1.29, 1.82) is 5.26 Å². The third kappa shape index (κ3) is 3.21. The first-order valence-electron chi connectivity index (χ1n) is 6.70. The predicted molar refractivity (Wildman–Crippen MR) is 85.2 cm³/mol. The third-order valence-corrected chi connectivity index (χ3v) is 3.27. The first-order chi connectivity index (χ1) is 10.7. The van der Waals surface area contributed by atoms with Gasteiger partial charge in [-0.2, -0.15) is 5.26 Å². The van der Waals surface area contributed by atoms with Gasteiger partial charge in [-0.25, -0.2) is 0 Å². The Hall–Kier alpha value is -2.93. The van der Waals surface area contributed by atoms with Crippen molar-refractivity contribution in [3.8, 4) is 23.3 Å². The molecule has 0 aliphatic carbocycles. The maximum Gasteiger partial charge on any atom is 0.126 e. The van der Waals surface area contributed by atoms with Crippen molar-refractivity contribution in [2.24, 2.45) is 0 Å². The second-order valence-corrected chi connectivity index (χ2v) is 4.49. The molecule has 4 nitrogen and oxygen atoms in total. The first kappa shape index (κ1) is 15.5. The monoisotopic (exact) mass is 295 g/mol. The van der Waals surface area contributed by atoms with Crippen LogP contribution in [0.4, 0.5) is 0 Å². The van der Waals surface area contributed by atoms with Crippen LogP contribution in [-0.4, -0.2) is 21.3 Å². The predicted octanol–water partition coefficient (Wildman–Crippen LogP) is 3.67. The zero-order valence-corrected chi connectivity index (χ0v) is 12.8. The minimum absolute atomic E-state index is 0.660. The minimum Gasteiger partial charge on any atom is -0.497 e. The Balaban J connectivity index is 2.64. The van der Waals surface area contributed by atoms with Gasteiger partial charge in [-0.1, -0.05) is 18.2 Å². The highest BCUT2D eigenvalue weighted by atomic mass is 16.5. The third-order valence-electron chi connectivity index (χ3n) is 3.27. The molecular weight excluding hydrogens is 278 g/mol. The lowest BCUT2D eigenvalue weighted by atomic mass is 9.96. The Morgan fingerprint density at radius 1 is 0.955 bits per heavy atom. The van der Waals surface area contributed by atoms with Crippen molar-refractivity contribution >= 4 is 5.57 Å². The number of allylic oxidation sites excluding steroid dienone is 1. The summed E-state index contributed by atoms with van der Waals surface area (Å²) < 4.78 is 16.0. The molecule has 2 aromatic carbocycles. The molecule has 0 fully saturated rings. The maximum absolute atomic E-state index is 9.15. The van der Waals surface area contributed by atoms with Crippen molar-refractivity contribution in [3.05, 3.63) is 59.7 Å². The number of para-hydroxylation sites is 1. The van der Waals surface area contributed by atoms with E-state index in [2.05, 4.69) is 6.07 Å². The fraction of sp³-hybridized carbons (Fsp3) is 0.167. The number of rotatable bonds is 5. The van der Waals surface area contributed by atoms with E-state index in [-0.39, 0.29) is 0 Å². The highest BCUT2D eigenvalue weighted by Gasteiger charge is 2.13. The number of hydrogen-bond acceptors (Lipinski definition) is 4. The Bertz CT molecular complexity index is 707. The van der Waals surface area contributed by atoms with Crippen LogP contribution in [0.2, 0.25) is 0 Å². The first-order valence-corrected chi connectivity index (χ1v) is 6.70. The minimum atomic E-state index is 0.660. The van der Waals surface area contributed by atoms with Gasteiger partial charge in [0.05, 0.1) is 27.4 Å². The van der Waals surface area contributed by atoms with Crippen molar-refractivity contribution < 1.29 is 14.2 Å². The summed E-state index contributed by atoms with van der Waals surface area (Å²) in [5.41, 5.74) is 2.40. The van der Waals surface area contributed by atoms with Crippen molar-refractivity contribution in [1.82, 2.24) is 0 Å². The van der Waals surface area contributed by atoms with Crippen LogP contribution in [0, 0.1) is 11.3 Å². The van der Waals surface area contributed by atoms with Crippen molar-refractivity contribution in [2.75, 3.05) is 21.3 Å². The molecule has 0 aromatic heterocycles. The van der Waals surface area contributed by atoms with Gasteiger partial charge in [0.25, 0.3) is 0 Å². The van der Waals surface area contributed by atoms with Gasteiger partial charge in [-0.3, -0.25) is 0 Å². The lowest BCUT2D eigenvalue weighted by Gasteiger charge is -2.14. The van der Waals surface area contributed by atoms with E-state index in [1.54, 1.807) is 27.4 Å². The largest absolute Gasteiger partial charge is 0.497 e. The van der Waals surface area contributed by atoms with E-state index >= 15 is 0 Å². The highest BCUT2D eigenvalue weighted by molar-refractivity contribution is 5.85. The van der Waals surface area contributed by atoms with Crippen LogP contribution in [0.3, 0.4) is 0 Å². The molecule has 0 saturated carbocycles. The number of benzene rings is 2. The Kier molecular flexibility index (Phi) is 5.05. The summed E-state index contributed by atoms with van der Waals surface area (Å²) in [4.78, 5) is 0. The molecule has 112 valence electrons. The van der Waals surface area contributed by atoms with E-state index in [0.29, 0.717) is 17.2 Å². The van der Waals surface area contributed by atoms with E-state index < -0.39 is 0 Å². The van der Waals surface area contributed by atoms with Crippen LogP contribution in [0.25, 0.3) is 5.57 Å². The standard InChI is InChI=1S/C18H17NO3/c1-20-14-10-13(11-15(12-14)21-2)16(8-9-19)17-6-4-5-7-18(17)22-3/h4-8,10-12H,1-3H3/b16-8-. The summed E-state index contributed by atoms with van der Waals surface area (Å²) in [6, 6.07) is 15.2. The molecule has 0 saturated heterocycles. The second-order valence-electron chi connectivity index (χ2n) is 4.49.